The highest BCUT2D eigenvalue weighted by Crippen LogP contribution is 2.28. The molecule has 0 radical (unpaired) electrons. The Kier molecular flexibility index (Phi) is 4.04. The van der Waals surface area contributed by atoms with Gasteiger partial charge in [-0.1, -0.05) is 20.8 Å². The Morgan fingerprint density at radius 1 is 1.36 bits per heavy atom. The van der Waals surface area contributed by atoms with E-state index in [1.807, 2.05) is 6.92 Å². The SMILES string of the molecule is CC(O)C[C@@H](CN)C(C)(C)C. The van der Waals surface area contributed by atoms with Crippen LogP contribution in [0.1, 0.15) is 34.1 Å². The summed E-state index contributed by atoms with van der Waals surface area (Å²) in [5.41, 5.74) is 5.81. The maximum Gasteiger partial charge on any atom is 0.0515 e. The monoisotopic (exact) mass is 159 g/mol. The second-order valence-electron chi connectivity index (χ2n) is 4.38. The molecule has 0 amide bonds. The molecule has 0 spiro atoms. The number of nitrogens with two attached hydrogens (primary N) is 1. The van der Waals surface area contributed by atoms with Crippen molar-refractivity contribution < 1.29 is 5.11 Å². The number of aliphatic hydroxyl groups is 1. The van der Waals surface area contributed by atoms with Crippen LogP contribution in [0.4, 0.5) is 0 Å². The predicted octanol–water partition coefficient (Wildman–Crippen LogP) is 1.38. The minimum Gasteiger partial charge on any atom is -0.393 e. The summed E-state index contributed by atoms with van der Waals surface area (Å²) in [5, 5.41) is 9.16. The van der Waals surface area contributed by atoms with Crippen LogP contribution in [0, 0.1) is 11.3 Å². The van der Waals surface area contributed by atoms with Crippen LogP contribution in [-0.2, 0) is 0 Å². The van der Waals surface area contributed by atoms with Gasteiger partial charge in [-0.25, -0.2) is 0 Å². The summed E-state index contributed by atoms with van der Waals surface area (Å²) in [7, 11) is 0. The Labute approximate surface area is 69.8 Å². The van der Waals surface area contributed by atoms with E-state index >= 15 is 0 Å². The molecular weight excluding hydrogens is 138 g/mol. The molecule has 11 heavy (non-hydrogen) atoms. The van der Waals surface area contributed by atoms with Crippen LogP contribution in [0.3, 0.4) is 0 Å². The first kappa shape index (κ1) is 10.9. The van der Waals surface area contributed by atoms with Crippen molar-refractivity contribution in [2.45, 2.75) is 40.2 Å². The highest BCUT2D eigenvalue weighted by molar-refractivity contribution is 4.76. The van der Waals surface area contributed by atoms with Crippen molar-refractivity contribution in [2.24, 2.45) is 17.1 Å². The smallest absolute Gasteiger partial charge is 0.0515 e. The molecule has 0 aliphatic rings. The lowest BCUT2D eigenvalue weighted by atomic mass is 9.78. The van der Waals surface area contributed by atoms with Gasteiger partial charge in [0.15, 0.2) is 0 Å². The third-order valence-electron chi connectivity index (χ3n) is 2.13. The molecule has 0 fully saturated rings. The second-order valence-corrected chi connectivity index (χ2v) is 4.38. The molecule has 0 saturated carbocycles. The summed E-state index contributed by atoms with van der Waals surface area (Å²) < 4.78 is 0. The van der Waals surface area contributed by atoms with Gasteiger partial charge in [0.1, 0.15) is 0 Å². The van der Waals surface area contributed by atoms with Crippen LogP contribution in [0.15, 0.2) is 0 Å². The van der Waals surface area contributed by atoms with Crippen LogP contribution in [0.5, 0.6) is 0 Å². The first-order valence-electron chi connectivity index (χ1n) is 4.26. The van der Waals surface area contributed by atoms with Crippen LogP contribution in [0.25, 0.3) is 0 Å². The summed E-state index contributed by atoms with van der Waals surface area (Å²) in [5.74, 6) is 0.419. The van der Waals surface area contributed by atoms with Crippen LogP contribution >= 0.6 is 0 Å². The molecule has 0 rings (SSSR count). The lowest BCUT2D eigenvalue weighted by Crippen LogP contribution is -2.30. The Hall–Kier alpha value is -0.0800. The lowest BCUT2D eigenvalue weighted by molar-refractivity contribution is 0.119. The average molecular weight is 159 g/mol. The van der Waals surface area contributed by atoms with E-state index in [2.05, 4.69) is 20.8 Å². The maximum atomic E-state index is 9.16. The van der Waals surface area contributed by atoms with Crippen LogP contribution in [0.2, 0.25) is 0 Å². The molecule has 68 valence electrons. The summed E-state index contributed by atoms with van der Waals surface area (Å²) in [6.07, 6.45) is 0.572. The molecule has 0 bridgehead atoms. The number of hydrogen-bond acceptors (Lipinski definition) is 2. The second kappa shape index (κ2) is 4.07. The van der Waals surface area contributed by atoms with Crippen LogP contribution in [-0.4, -0.2) is 17.8 Å². The van der Waals surface area contributed by atoms with E-state index in [-0.39, 0.29) is 11.5 Å². The van der Waals surface area contributed by atoms with Gasteiger partial charge in [0.2, 0.25) is 0 Å². The van der Waals surface area contributed by atoms with Gasteiger partial charge in [0, 0.05) is 0 Å². The molecular formula is C9H21NO. The van der Waals surface area contributed by atoms with E-state index in [9.17, 15) is 0 Å². The van der Waals surface area contributed by atoms with E-state index in [0.717, 1.165) is 6.42 Å². The molecule has 0 aromatic carbocycles. The molecule has 2 heteroatoms. The fraction of sp³-hybridized carbons (Fsp3) is 1.00. The van der Waals surface area contributed by atoms with Gasteiger partial charge in [-0.15, -0.1) is 0 Å². The minimum atomic E-state index is -0.234. The largest absolute Gasteiger partial charge is 0.393 e. The third-order valence-corrected chi connectivity index (χ3v) is 2.13. The fourth-order valence-electron chi connectivity index (χ4n) is 1.22. The van der Waals surface area contributed by atoms with Gasteiger partial charge < -0.3 is 10.8 Å². The van der Waals surface area contributed by atoms with Gasteiger partial charge in [-0.05, 0) is 31.2 Å². The molecule has 1 unspecified atom stereocenters. The lowest BCUT2D eigenvalue weighted by Gasteiger charge is -2.30. The molecule has 0 saturated heterocycles. The topological polar surface area (TPSA) is 46.2 Å². The third kappa shape index (κ3) is 4.38. The van der Waals surface area contributed by atoms with E-state index in [1.165, 1.54) is 0 Å². The van der Waals surface area contributed by atoms with Crippen molar-refractivity contribution in [3.63, 3.8) is 0 Å². The van der Waals surface area contributed by atoms with Gasteiger partial charge in [-0.3, -0.25) is 0 Å². The summed E-state index contributed by atoms with van der Waals surface area (Å²) in [6, 6.07) is 0. The van der Waals surface area contributed by atoms with Gasteiger partial charge in [0.05, 0.1) is 6.10 Å². The van der Waals surface area contributed by atoms with E-state index in [0.29, 0.717) is 12.5 Å². The van der Waals surface area contributed by atoms with Gasteiger partial charge >= 0.3 is 0 Å². The molecule has 0 aromatic heterocycles. The Bertz CT molecular complexity index is 105. The average Bonchev–Trinajstić information content (AvgIpc) is 1.79. The summed E-state index contributed by atoms with van der Waals surface area (Å²) in [6.45, 7) is 8.95. The zero-order chi connectivity index (χ0) is 9.07. The fourth-order valence-corrected chi connectivity index (χ4v) is 1.22. The molecule has 2 nitrogen and oxygen atoms in total. The van der Waals surface area contributed by atoms with E-state index in [1.54, 1.807) is 0 Å². The highest BCUT2D eigenvalue weighted by Gasteiger charge is 2.23. The Balaban J connectivity index is 3.96. The number of hydrogen-bond donors (Lipinski definition) is 2. The normalized spacial score (nSPS) is 18.0. The van der Waals surface area contributed by atoms with Gasteiger partial charge in [0.25, 0.3) is 0 Å². The van der Waals surface area contributed by atoms with Crippen molar-refractivity contribution in [3.8, 4) is 0 Å². The molecule has 3 N–H and O–H groups in total. The van der Waals surface area contributed by atoms with Crippen LogP contribution < -0.4 is 5.73 Å². The van der Waals surface area contributed by atoms with Gasteiger partial charge in [-0.2, -0.15) is 0 Å². The first-order valence-corrected chi connectivity index (χ1v) is 4.26. The van der Waals surface area contributed by atoms with E-state index in [4.69, 9.17) is 10.8 Å². The summed E-state index contributed by atoms with van der Waals surface area (Å²) >= 11 is 0. The van der Waals surface area contributed by atoms with Crippen molar-refractivity contribution in [3.05, 3.63) is 0 Å². The number of aliphatic hydroxyl groups excluding tert-OH is 1. The zero-order valence-electron chi connectivity index (χ0n) is 8.09. The minimum absolute atomic E-state index is 0.214. The molecule has 0 aliphatic heterocycles. The molecule has 0 heterocycles. The highest BCUT2D eigenvalue weighted by atomic mass is 16.3. The zero-order valence-corrected chi connectivity index (χ0v) is 8.09. The van der Waals surface area contributed by atoms with Crippen molar-refractivity contribution in [1.29, 1.82) is 0 Å². The quantitative estimate of drug-likeness (QED) is 0.653. The predicted molar refractivity (Wildman–Crippen MR) is 48.3 cm³/mol. The van der Waals surface area contributed by atoms with Crippen molar-refractivity contribution >= 4 is 0 Å². The van der Waals surface area contributed by atoms with Crippen molar-refractivity contribution in [2.75, 3.05) is 6.54 Å². The molecule has 0 aromatic rings. The first-order chi connectivity index (χ1) is 4.88. The molecule has 0 aliphatic carbocycles. The standard InChI is InChI=1S/C9H21NO/c1-7(11)5-8(6-10)9(2,3)4/h7-8,11H,5-6,10H2,1-4H3/t7?,8-/m0/s1. The number of rotatable bonds is 3. The van der Waals surface area contributed by atoms with Crippen molar-refractivity contribution in [1.82, 2.24) is 0 Å². The Morgan fingerprint density at radius 3 is 1.91 bits per heavy atom. The maximum absolute atomic E-state index is 9.16. The summed E-state index contributed by atoms with van der Waals surface area (Å²) in [4.78, 5) is 0. The van der Waals surface area contributed by atoms with E-state index < -0.39 is 0 Å². The Morgan fingerprint density at radius 2 is 1.82 bits per heavy atom. The molecule has 2 atom stereocenters.